The summed E-state index contributed by atoms with van der Waals surface area (Å²) in [5.74, 6) is 0.833. The van der Waals surface area contributed by atoms with Gasteiger partial charge in [0.05, 0.1) is 0 Å². The van der Waals surface area contributed by atoms with E-state index in [9.17, 15) is 0 Å². The quantitative estimate of drug-likeness (QED) is 0.910. The Morgan fingerprint density at radius 2 is 1.65 bits per heavy atom. The molecule has 2 aromatic carbocycles. The number of hydrogen-bond acceptors (Lipinski definition) is 2. The lowest BCUT2D eigenvalue weighted by Crippen LogP contribution is -2.46. The normalized spacial score (nSPS) is 21.8. The molecule has 2 aliphatic rings. The summed E-state index contributed by atoms with van der Waals surface area (Å²) >= 11 is 0. The largest absolute Gasteiger partial charge is 0.314 e. The van der Waals surface area contributed by atoms with Crippen molar-refractivity contribution in [2.24, 2.45) is 5.92 Å². The molecule has 0 spiro atoms. The highest BCUT2D eigenvalue weighted by molar-refractivity contribution is 5.89. The van der Waals surface area contributed by atoms with Crippen LogP contribution in [0.3, 0.4) is 0 Å². The van der Waals surface area contributed by atoms with E-state index >= 15 is 0 Å². The molecule has 0 unspecified atom stereocenters. The molecule has 0 bridgehead atoms. The van der Waals surface area contributed by atoms with Gasteiger partial charge in [0.2, 0.25) is 0 Å². The Balaban J connectivity index is 1.80. The first-order chi connectivity index (χ1) is 11.3. The van der Waals surface area contributed by atoms with E-state index in [4.69, 9.17) is 0 Å². The zero-order valence-corrected chi connectivity index (χ0v) is 14.2. The SMILES string of the molecule is Cc1ccc([C@@H](C2CCCC2)N2CCNCC2)c2ccccc12. The summed E-state index contributed by atoms with van der Waals surface area (Å²) in [7, 11) is 0. The molecule has 2 heteroatoms. The van der Waals surface area contributed by atoms with Gasteiger partial charge in [-0.2, -0.15) is 0 Å². The number of piperazine rings is 1. The first-order valence-corrected chi connectivity index (χ1v) is 9.27. The van der Waals surface area contributed by atoms with Gasteiger partial charge in [0.25, 0.3) is 0 Å². The van der Waals surface area contributed by atoms with Gasteiger partial charge in [0, 0.05) is 32.2 Å². The van der Waals surface area contributed by atoms with Gasteiger partial charge in [-0.3, -0.25) is 4.90 Å². The highest BCUT2D eigenvalue weighted by atomic mass is 15.2. The Bertz CT molecular complexity index is 667. The first kappa shape index (κ1) is 15.2. The molecule has 1 aliphatic heterocycles. The van der Waals surface area contributed by atoms with Gasteiger partial charge >= 0.3 is 0 Å². The molecule has 2 aromatic rings. The number of benzene rings is 2. The number of nitrogens with one attached hydrogen (secondary N) is 1. The van der Waals surface area contributed by atoms with Crippen LogP contribution in [-0.4, -0.2) is 31.1 Å². The van der Waals surface area contributed by atoms with Crippen LogP contribution in [0.1, 0.15) is 42.9 Å². The predicted octanol–water partition coefficient (Wildman–Crippen LogP) is 4.28. The van der Waals surface area contributed by atoms with E-state index in [1.165, 1.54) is 55.1 Å². The minimum Gasteiger partial charge on any atom is -0.314 e. The molecule has 122 valence electrons. The molecule has 2 fully saturated rings. The van der Waals surface area contributed by atoms with Gasteiger partial charge in [0.15, 0.2) is 0 Å². The average molecular weight is 308 g/mol. The van der Waals surface area contributed by atoms with Crippen molar-refractivity contribution >= 4 is 10.8 Å². The van der Waals surface area contributed by atoms with Crippen LogP contribution >= 0.6 is 0 Å². The highest BCUT2D eigenvalue weighted by Gasteiger charge is 2.32. The smallest absolute Gasteiger partial charge is 0.0383 e. The molecule has 1 saturated carbocycles. The fourth-order valence-corrected chi connectivity index (χ4v) is 4.71. The minimum atomic E-state index is 0.602. The van der Waals surface area contributed by atoms with Crippen LogP contribution in [-0.2, 0) is 0 Å². The van der Waals surface area contributed by atoms with Gasteiger partial charge in [-0.15, -0.1) is 0 Å². The summed E-state index contributed by atoms with van der Waals surface area (Å²) < 4.78 is 0. The minimum absolute atomic E-state index is 0.602. The van der Waals surface area contributed by atoms with Crippen LogP contribution in [0.15, 0.2) is 36.4 Å². The first-order valence-electron chi connectivity index (χ1n) is 9.27. The lowest BCUT2D eigenvalue weighted by atomic mass is 9.86. The molecule has 2 nitrogen and oxygen atoms in total. The standard InChI is InChI=1S/C21H28N2/c1-16-10-11-20(19-9-5-4-8-18(16)19)21(17-6-2-3-7-17)23-14-12-22-13-15-23/h4-5,8-11,17,21-22H,2-3,6-7,12-15H2,1H3/t21-/m1/s1. The van der Waals surface area contributed by atoms with E-state index in [0.29, 0.717) is 6.04 Å². The fourth-order valence-electron chi connectivity index (χ4n) is 4.71. The summed E-state index contributed by atoms with van der Waals surface area (Å²) in [5, 5.41) is 6.42. The third kappa shape index (κ3) is 2.90. The molecule has 1 N–H and O–H groups in total. The molecule has 0 radical (unpaired) electrons. The maximum Gasteiger partial charge on any atom is 0.0383 e. The van der Waals surface area contributed by atoms with E-state index in [0.717, 1.165) is 19.0 Å². The van der Waals surface area contributed by atoms with Crippen molar-refractivity contribution in [3.63, 3.8) is 0 Å². The van der Waals surface area contributed by atoms with Crippen LogP contribution < -0.4 is 5.32 Å². The fraction of sp³-hybridized carbons (Fsp3) is 0.524. The van der Waals surface area contributed by atoms with Crippen molar-refractivity contribution in [2.45, 2.75) is 38.6 Å². The monoisotopic (exact) mass is 308 g/mol. The van der Waals surface area contributed by atoms with Crippen molar-refractivity contribution < 1.29 is 0 Å². The van der Waals surface area contributed by atoms with Crippen LogP contribution in [0.4, 0.5) is 0 Å². The van der Waals surface area contributed by atoms with Crippen molar-refractivity contribution in [3.8, 4) is 0 Å². The van der Waals surface area contributed by atoms with Gasteiger partial charge < -0.3 is 5.32 Å². The second-order valence-electron chi connectivity index (χ2n) is 7.29. The lowest BCUT2D eigenvalue weighted by molar-refractivity contribution is 0.126. The maximum atomic E-state index is 3.52. The molecular formula is C21H28N2. The number of rotatable bonds is 3. The second kappa shape index (κ2) is 6.62. The lowest BCUT2D eigenvalue weighted by Gasteiger charge is -2.39. The van der Waals surface area contributed by atoms with Crippen LogP contribution in [0.2, 0.25) is 0 Å². The average Bonchev–Trinajstić information content (AvgIpc) is 3.13. The van der Waals surface area contributed by atoms with Crippen molar-refractivity contribution in [3.05, 3.63) is 47.5 Å². The zero-order valence-electron chi connectivity index (χ0n) is 14.2. The van der Waals surface area contributed by atoms with E-state index in [-0.39, 0.29) is 0 Å². The van der Waals surface area contributed by atoms with Crippen LogP contribution in [0.25, 0.3) is 10.8 Å². The summed E-state index contributed by atoms with van der Waals surface area (Å²) in [6.45, 7) is 6.87. The van der Waals surface area contributed by atoms with Crippen molar-refractivity contribution in [2.75, 3.05) is 26.2 Å². The summed E-state index contributed by atoms with van der Waals surface area (Å²) in [5.41, 5.74) is 2.97. The Morgan fingerprint density at radius 3 is 2.39 bits per heavy atom. The third-order valence-corrected chi connectivity index (χ3v) is 5.89. The molecule has 0 amide bonds. The predicted molar refractivity (Wildman–Crippen MR) is 97.8 cm³/mol. The molecule has 1 aliphatic carbocycles. The van der Waals surface area contributed by atoms with Crippen LogP contribution in [0.5, 0.6) is 0 Å². The molecule has 1 saturated heterocycles. The Labute approximate surface area is 139 Å². The molecule has 0 aromatic heterocycles. The topological polar surface area (TPSA) is 15.3 Å². The molecule has 23 heavy (non-hydrogen) atoms. The van der Waals surface area contributed by atoms with Crippen molar-refractivity contribution in [1.29, 1.82) is 0 Å². The van der Waals surface area contributed by atoms with E-state index in [1.807, 2.05) is 0 Å². The summed E-state index contributed by atoms with van der Waals surface area (Å²) in [4.78, 5) is 2.75. The van der Waals surface area contributed by atoms with E-state index < -0.39 is 0 Å². The number of fused-ring (bicyclic) bond motifs is 1. The molecule has 1 heterocycles. The molecule has 1 atom stereocenters. The van der Waals surface area contributed by atoms with Gasteiger partial charge in [-0.25, -0.2) is 0 Å². The van der Waals surface area contributed by atoms with E-state index in [1.54, 1.807) is 5.56 Å². The Hall–Kier alpha value is -1.38. The summed E-state index contributed by atoms with van der Waals surface area (Å²) in [6.07, 6.45) is 5.63. The molecular weight excluding hydrogens is 280 g/mol. The van der Waals surface area contributed by atoms with Gasteiger partial charge in [0.1, 0.15) is 0 Å². The number of hydrogen-bond donors (Lipinski definition) is 1. The Kier molecular flexibility index (Phi) is 4.37. The molecule has 4 rings (SSSR count). The number of nitrogens with zero attached hydrogens (tertiary/aromatic N) is 1. The van der Waals surface area contributed by atoms with Crippen LogP contribution in [0, 0.1) is 12.8 Å². The van der Waals surface area contributed by atoms with Gasteiger partial charge in [-0.1, -0.05) is 49.2 Å². The van der Waals surface area contributed by atoms with Crippen molar-refractivity contribution in [1.82, 2.24) is 10.2 Å². The number of aryl methyl sites for hydroxylation is 1. The highest BCUT2D eigenvalue weighted by Crippen LogP contribution is 2.42. The van der Waals surface area contributed by atoms with E-state index in [2.05, 4.69) is 53.5 Å². The van der Waals surface area contributed by atoms with Gasteiger partial charge in [-0.05, 0) is 47.6 Å². The summed E-state index contributed by atoms with van der Waals surface area (Å²) in [6, 6.07) is 14.4. The zero-order chi connectivity index (χ0) is 15.6. The second-order valence-corrected chi connectivity index (χ2v) is 7.29. The third-order valence-electron chi connectivity index (χ3n) is 5.89. The maximum absolute atomic E-state index is 3.52. The Morgan fingerprint density at radius 1 is 0.957 bits per heavy atom.